The zero-order valence-electron chi connectivity index (χ0n) is 18.0. The van der Waals surface area contributed by atoms with E-state index in [1.165, 1.54) is 19.4 Å². The molecule has 0 radical (unpaired) electrons. The molecule has 2 aromatic rings. The minimum absolute atomic E-state index is 0.0243. The van der Waals surface area contributed by atoms with E-state index in [0.717, 1.165) is 5.56 Å². The molecule has 1 aromatic heterocycles. The average Bonchev–Trinajstić information content (AvgIpc) is 3.30. The van der Waals surface area contributed by atoms with E-state index in [0.29, 0.717) is 5.69 Å². The topological polar surface area (TPSA) is 200 Å². The number of hydrogen-bond donors (Lipinski definition) is 7. The standard InChI is InChI=1S/C21H28N6O6/c1-12(25-19(30)15(22)7-13-5-3-2-4-6-13)18(29)26-16(8-14-9-23-11-24-14)20(31)27-17(10-28)21(32)33/h2-6,9,11-12,15-17,28H,7-8,10,22H2,1H3,(H,23,24)(H,25,30)(H,26,29)(H,27,31)(H,32,33). The number of nitrogens with two attached hydrogens (primary N) is 1. The molecule has 8 N–H and O–H groups in total. The summed E-state index contributed by atoms with van der Waals surface area (Å²) in [5.41, 5.74) is 7.31. The molecule has 0 spiro atoms. The van der Waals surface area contributed by atoms with E-state index in [-0.39, 0.29) is 12.8 Å². The van der Waals surface area contributed by atoms with Crippen LogP contribution in [0.2, 0.25) is 0 Å². The number of nitrogens with zero attached hydrogens (tertiary/aromatic N) is 1. The SMILES string of the molecule is CC(NC(=O)C(N)Cc1ccccc1)C(=O)NC(Cc1cnc[nH]1)C(=O)NC(CO)C(=O)O. The lowest BCUT2D eigenvalue weighted by molar-refractivity contribution is -0.143. The molecule has 3 amide bonds. The summed E-state index contributed by atoms with van der Waals surface area (Å²) in [4.78, 5) is 55.4. The summed E-state index contributed by atoms with van der Waals surface area (Å²) in [7, 11) is 0. The van der Waals surface area contributed by atoms with Gasteiger partial charge in [-0.25, -0.2) is 9.78 Å². The zero-order valence-corrected chi connectivity index (χ0v) is 18.0. The number of aliphatic carboxylic acids is 1. The monoisotopic (exact) mass is 460 g/mol. The lowest BCUT2D eigenvalue weighted by Gasteiger charge is -2.23. The molecule has 1 heterocycles. The fourth-order valence-electron chi connectivity index (χ4n) is 2.93. The van der Waals surface area contributed by atoms with Crippen LogP contribution in [0, 0.1) is 0 Å². The van der Waals surface area contributed by atoms with Crippen LogP contribution in [0.5, 0.6) is 0 Å². The highest BCUT2D eigenvalue weighted by atomic mass is 16.4. The highest BCUT2D eigenvalue weighted by molar-refractivity contribution is 5.94. The maximum absolute atomic E-state index is 12.7. The quantitative estimate of drug-likeness (QED) is 0.190. The Balaban J connectivity index is 2.00. The van der Waals surface area contributed by atoms with Crippen molar-refractivity contribution in [3.05, 3.63) is 54.1 Å². The molecule has 0 aliphatic rings. The average molecular weight is 460 g/mol. The third-order valence-corrected chi connectivity index (χ3v) is 4.80. The maximum Gasteiger partial charge on any atom is 0.328 e. The van der Waals surface area contributed by atoms with E-state index in [2.05, 4.69) is 25.9 Å². The summed E-state index contributed by atoms with van der Waals surface area (Å²) in [6, 6.07) is 4.53. The summed E-state index contributed by atoms with van der Waals surface area (Å²) in [5, 5.41) is 25.4. The van der Waals surface area contributed by atoms with Gasteiger partial charge in [0, 0.05) is 18.3 Å². The fraction of sp³-hybridized carbons (Fsp3) is 0.381. The predicted molar refractivity (Wildman–Crippen MR) is 117 cm³/mol. The first-order chi connectivity index (χ1) is 15.7. The van der Waals surface area contributed by atoms with Crippen LogP contribution in [-0.2, 0) is 32.0 Å². The van der Waals surface area contributed by atoms with Crippen molar-refractivity contribution in [2.24, 2.45) is 5.73 Å². The van der Waals surface area contributed by atoms with Gasteiger partial charge >= 0.3 is 5.97 Å². The van der Waals surface area contributed by atoms with Crippen LogP contribution in [0.3, 0.4) is 0 Å². The Morgan fingerprint density at radius 2 is 1.67 bits per heavy atom. The largest absolute Gasteiger partial charge is 0.480 e. The Labute approximate surface area is 190 Å². The highest BCUT2D eigenvalue weighted by Crippen LogP contribution is 2.03. The van der Waals surface area contributed by atoms with Gasteiger partial charge in [-0.3, -0.25) is 14.4 Å². The number of aliphatic hydroxyl groups excluding tert-OH is 1. The summed E-state index contributed by atoms with van der Waals surface area (Å²) < 4.78 is 0. The molecule has 0 fully saturated rings. The molecule has 2 rings (SSSR count). The number of amides is 3. The minimum Gasteiger partial charge on any atom is -0.480 e. The van der Waals surface area contributed by atoms with Crippen molar-refractivity contribution < 1.29 is 29.4 Å². The molecule has 178 valence electrons. The molecular formula is C21H28N6O6. The molecule has 0 aliphatic carbocycles. The van der Waals surface area contributed by atoms with E-state index in [1.54, 1.807) is 0 Å². The molecule has 4 unspecified atom stereocenters. The maximum atomic E-state index is 12.7. The van der Waals surface area contributed by atoms with Gasteiger partial charge in [-0.1, -0.05) is 30.3 Å². The predicted octanol–water partition coefficient (Wildman–Crippen LogP) is -1.93. The molecule has 0 bridgehead atoms. The third-order valence-electron chi connectivity index (χ3n) is 4.80. The van der Waals surface area contributed by atoms with Crippen LogP contribution in [0.25, 0.3) is 0 Å². The Bertz CT molecular complexity index is 936. The smallest absolute Gasteiger partial charge is 0.328 e. The number of H-pyrrole nitrogens is 1. The zero-order chi connectivity index (χ0) is 24.4. The lowest BCUT2D eigenvalue weighted by Crippen LogP contribution is -2.57. The first-order valence-corrected chi connectivity index (χ1v) is 10.2. The second-order valence-corrected chi connectivity index (χ2v) is 7.45. The molecule has 4 atom stereocenters. The first kappa shape index (κ1) is 25.5. The third kappa shape index (κ3) is 8.01. The molecule has 33 heavy (non-hydrogen) atoms. The Kier molecular flexibility index (Phi) is 9.51. The summed E-state index contributed by atoms with van der Waals surface area (Å²) in [6.07, 6.45) is 3.09. The number of carboxylic acids is 1. The molecule has 0 saturated heterocycles. The van der Waals surface area contributed by atoms with Gasteiger partial charge in [-0.05, 0) is 18.9 Å². The van der Waals surface area contributed by atoms with Gasteiger partial charge in [0.15, 0.2) is 0 Å². The Morgan fingerprint density at radius 1 is 1.00 bits per heavy atom. The van der Waals surface area contributed by atoms with Crippen molar-refractivity contribution in [3.63, 3.8) is 0 Å². The number of nitrogens with one attached hydrogen (secondary N) is 4. The van der Waals surface area contributed by atoms with Crippen LogP contribution >= 0.6 is 0 Å². The number of aliphatic hydroxyl groups is 1. The molecule has 0 saturated carbocycles. The minimum atomic E-state index is -1.54. The highest BCUT2D eigenvalue weighted by Gasteiger charge is 2.29. The van der Waals surface area contributed by atoms with Crippen molar-refractivity contribution in [2.75, 3.05) is 6.61 Å². The number of carbonyl (C=O) groups is 4. The van der Waals surface area contributed by atoms with E-state index < -0.39 is 54.5 Å². The van der Waals surface area contributed by atoms with Gasteiger partial charge in [0.05, 0.1) is 19.0 Å². The number of imidazole rings is 1. The van der Waals surface area contributed by atoms with Crippen LogP contribution in [0.4, 0.5) is 0 Å². The molecule has 0 aliphatic heterocycles. The van der Waals surface area contributed by atoms with E-state index in [4.69, 9.17) is 15.9 Å². The van der Waals surface area contributed by atoms with Crippen molar-refractivity contribution in [2.45, 2.75) is 43.9 Å². The normalized spacial score (nSPS) is 14.4. The number of carbonyl (C=O) groups excluding carboxylic acids is 3. The van der Waals surface area contributed by atoms with Gasteiger partial charge in [-0.15, -0.1) is 0 Å². The molecule has 1 aromatic carbocycles. The van der Waals surface area contributed by atoms with Crippen LogP contribution < -0.4 is 21.7 Å². The molecular weight excluding hydrogens is 432 g/mol. The van der Waals surface area contributed by atoms with Gasteiger partial charge in [0.25, 0.3) is 0 Å². The van der Waals surface area contributed by atoms with Gasteiger partial charge < -0.3 is 36.9 Å². The number of benzene rings is 1. The van der Waals surface area contributed by atoms with Crippen LogP contribution in [0.1, 0.15) is 18.2 Å². The molecule has 12 nitrogen and oxygen atoms in total. The van der Waals surface area contributed by atoms with Crippen molar-refractivity contribution >= 4 is 23.7 Å². The summed E-state index contributed by atoms with van der Waals surface area (Å²) in [6.45, 7) is 0.610. The molecule has 12 heteroatoms. The fourth-order valence-corrected chi connectivity index (χ4v) is 2.93. The summed E-state index contributed by atoms with van der Waals surface area (Å²) in [5.74, 6) is -3.46. The van der Waals surface area contributed by atoms with Crippen LogP contribution in [0.15, 0.2) is 42.9 Å². The second kappa shape index (κ2) is 12.3. The van der Waals surface area contributed by atoms with Crippen molar-refractivity contribution in [1.29, 1.82) is 0 Å². The Morgan fingerprint density at radius 3 is 2.24 bits per heavy atom. The van der Waals surface area contributed by atoms with E-state index in [1.807, 2.05) is 30.3 Å². The van der Waals surface area contributed by atoms with Crippen molar-refractivity contribution in [1.82, 2.24) is 25.9 Å². The van der Waals surface area contributed by atoms with E-state index >= 15 is 0 Å². The first-order valence-electron chi connectivity index (χ1n) is 10.2. The van der Waals surface area contributed by atoms with Gasteiger partial charge in [0.1, 0.15) is 18.1 Å². The number of aromatic amines is 1. The number of rotatable bonds is 12. The van der Waals surface area contributed by atoms with Crippen molar-refractivity contribution in [3.8, 4) is 0 Å². The number of hydrogen-bond acceptors (Lipinski definition) is 7. The number of aromatic nitrogens is 2. The van der Waals surface area contributed by atoms with Gasteiger partial charge in [0.2, 0.25) is 17.7 Å². The second-order valence-electron chi connectivity index (χ2n) is 7.45. The van der Waals surface area contributed by atoms with Gasteiger partial charge in [-0.2, -0.15) is 0 Å². The number of carboxylic acid groups (broad SMARTS) is 1. The van der Waals surface area contributed by atoms with Crippen LogP contribution in [-0.4, -0.2) is 74.6 Å². The van der Waals surface area contributed by atoms with E-state index in [9.17, 15) is 19.2 Å². The lowest BCUT2D eigenvalue weighted by atomic mass is 10.1. The Hall–Kier alpha value is -3.77. The summed E-state index contributed by atoms with van der Waals surface area (Å²) >= 11 is 0.